The summed E-state index contributed by atoms with van der Waals surface area (Å²) in [5.74, 6) is 0.687. The number of carbonyl (C=O) groups excluding carboxylic acids is 1. The molecule has 0 saturated heterocycles. The monoisotopic (exact) mass is 358 g/mol. The zero-order valence-electron chi connectivity index (χ0n) is 14.8. The molecule has 0 heterocycles. The minimum atomic E-state index is -3.35. The Labute approximate surface area is 144 Å². The molecule has 7 nitrogen and oxygen atoms in total. The summed E-state index contributed by atoms with van der Waals surface area (Å²) in [7, 11) is -1.83. The largest absolute Gasteiger partial charge is 0.493 e. The van der Waals surface area contributed by atoms with Crippen LogP contribution >= 0.6 is 0 Å². The Kier molecular flexibility index (Phi) is 7.04. The average Bonchev–Trinajstić information content (AvgIpc) is 2.47. The van der Waals surface area contributed by atoms with Gasteiger partial charge in [-0.1, -0.05) is 12.1 Å². The van der Waals surface area contributed by atoms with E-state index in [0.717, 1.165) is 6.26 Å². The van der Waals surface area contributed by atoms with Gasteiger partial charge in [-0.25, -0.2) is 8.42 Å². The molecule has 1 N–H and O–H groups in total. The van der Waals surface area contributed by atoms with E-state index in [1.165, 1.54) is 11.4 Å². The molecular formula is C16H26N2O5S. The van der Waals surface area contributed by atoms with Crippen LogP contribution in [0.25, 0.3) is 0 Å². The number of hydrogen-bond donors (Lipinski definition) is 1. The SMILES string of the molecule is COc1ccccc1OCC(=O)NCCN(C(C)(C)C)S(C)(=O)=O. The van der Waals surface area contributed by atoms with Gasteiger partial charge in [-0.05, 0) is 32.9 Å². The summed E-state index contributed by atoms with van der Waals surface area (Å²) < 4.78 is 35.5. The Morgan fingerprint density at radius 3 is 2.29 bits per heavy atom. The van der Waals surface area contributed by atoms with Gasteiger partial charge >= 0.3 is 0 Å². The third-order valence-electron chi connectivity index (χ3n) is 3.21. The molecule has 1 aromatic rings. The van der Waals surface area contributed by atoms with Crippen LogP contribution < -0.4 is 14.8 Å². The fourth-order valence-corrected chi connectivity index (χ4v) is 3.65. The lowest BCUT2D eigenvalue weighted by atomic mass is 10.1. The number of para-hydroxylation sites is 2. The number of ether oxygens (including phenoxy) is 2. The van der Waals surface area contributed by atoms with Gasteiger partial charge in [-0.3, -0.25) is 4.79 Å². The number of hydrogen-bond acceptors (Lipinski definition) is 5. The number of sulfonamides is 1. The van der Waals surface area contributed by atoms with Crippen molar-refractivity contribution >= 4 is 15.9 Å². The van der Waals surface area contributed by atoms with E-state index in [1.807, 2.05) is 0 Å². The first-order valence-electron chi connectivity index (χ1n) is 7.56. The zero-order valence-corrected chi connectivity index (χ0v) is 15.6. The average molecular weight is 358 g/mol. The van der Waals surface area contributed by atoms with Gasteiger partial charge in [0, 0.05) is 18.6 Å². The van der Waals surface area contributed by atoms with Crippen molar-refractivity contribution in [2.24, 2.45) is 0 Å². The molecule has 0 unspecified atom stereocenters. The van der Waals surface area contributed by atoms with E-state index in [9.17, 15) is 13.2 Å². The van der Waals surface area contributed by atoms with E-state index in [0.29, 0.717) is 11.5 Å². The van der Waals surface area contributed by atoms with Crippen molar-refractivity contribution in [3.8, 4) is 11.5 Å². The second-order valence-electron chi connectivity index (χ2n) is 6.30. The van der Waals surface area contributed by atoms with Crippen LogP contribution in [0, 0.1) is 0 Å². The van der Waals surface area contributed by atoms with Crippen LogP contribution in [0.3, 0.4) is 0 Å². The van der Waals surface area contributed by atoms with Gasteiger partial charge in [0.15, 0.2) is 18.1 Å². The van der Waals surface area contributed by atoms with E-state index >= 15 is 0 Å². The molecule has 1 rings (SSSR count). The third kappa shape index (κ3) is 6.37. The lowest BCUT2D eigenvalue weighted by molar-refractivity contribution is -0.123. The Hall–Kier alpha value is -1.80. The maximum atomic E-state index is 11.9. The molecule has 0 radical (unpaired) electrons. The summed E-state index contributed by atoms with van der Waals surface area (Å²) >= 11 is 0. The first-order chi connectivity index (χ1) is 11.1. The highest BCUT2D eigenvalue weighted by atomic mass is 32.2. The minimum Gasteiger partial charge on any atom is -0.493 e. The molecule has 1 aromatic carbocycles. The van der Waals surface area contributed by atoms with Crippen molar-refractivity contribution in [2.75, 3.05) is 33.1 Å². The number of methoxy groups -OCH3 is 1. The molecule has 0 fully saturated rings. The molecule has 24 heavy (non-hydrogen) atoms. The normalized spacial score (nSPS) is 12.1. The third-order valence-corrected chi connectivity index (χ3v) is 4.74. The van der Waals surface area contributed by atoms with Crippen LogP contribution in [0.1, 0.15) is 20.8 Å². The van der Waals surface area contributed by atoms with Crippen LogP contribution in [0.15, 0.2) is 24.3 Å². The molecule has 0 bridgehead atoms. The summed E-state index contributed by atoms with van der Waals surface area (Å²) in [6.45, 7) is 5.65. The molecule has 0 aliphatic carbocycles. The van der Waals surface area contributed by atoms with E-state index in [4.69, 9.17) is 9.47 Å². The van der Waals surface area contributed by atoms with Gasteiger partial charge in [0.25, 0.3) is 5.91 Å². The maximum Gasteiger partial charge on any atom is 0.257 e. The van der Waals surface area contributed by atoms with Crippen molar-refractivity contribution < 1.29 is 22.7 Å². The maximum absolute atomic E-state index is 11.9. The highest BCUT2D eigenvalue weighted by Gasteiger charge is 2.28. The molecule has 0 saturated carbocycles. The van der Waals surface area contributed by atoms with Crippen LogP contribution in [0.5, 0.6) is 11.5 Å². The fourth-order valence-electron chi connectivity index (χ4n) is 2.23. The lowest BCUT2D eigenvalue weighted by Crippen LogP contribution is -2.48. The summed E-state index contributed by atoms with van der Waals surface area (Å²) in [4.78, 5) is 11.9. The number of benzene rings is 1. The zero-order chi connectivity index (χ0) is 18.4. The minimum absolute atomic E-state index is 0.172. The predicted molar refractivity (Wildman–Crippen MR) is 92.8 cm³/mol. The van der Waals surface area contributed by atoms with Gasteiger partial charge < -0.3 is 14.8 Å². The number of nitrogens with one attached hydrogen (secondary N) is 1. The smallest absolute Gasteiger partial charge is 0.257 e. The van der Waals surface area contributed by atoms with Gasteiger partial charge in [0.2, 0.25) is 10.0 Å². The quantitative estimate of drug-likeness (QED) is 0.756. The molecule has 0 aliphatic rings. The van der Waals surface area contributed by atoms with Crippen molar-refractivity contribution in [1.82, 2.24) is 9.62 Å². The van der Waals surface area contributed by atoms with Crippen molar-refractivity contribution in [3.05, 3.63) is 24.3 Å². The van der Waals surface area contributed by atoms with E-state index in [1.54, 1.807) is 45.0 Å². The van der Waals surface area contributed by atoms with Crippen LogP contribution in [0.2, 0.25) is 0 Å². The molecule has 136 valence electrons. The molecule has 0 aromatic heterocycles. The Bertz CT molecular complexity index is 653. The predicted octanol–water partition coefficient (Wildman–Crippen LogP) is 1.25. The second kappa shape index (κ2) is 8.34. The van der Waals surface area contributed by atoms with Crippen LogP contribution in [-0.4, -0.2) is 57.2 Å². The number of carbonyl (C=O) groups is 1. The van der Waals surface area contributed by atoms with Crippen molar-refractivity contribution in [2.45, 2.75) is 26.3 Å². The highest BCUT2D eigenvalue weighted by Crippen LogP contribution is 2.25. The van der Waals surface area contributed by atoms with Gasteiger partial charge in [0.05, 0.1) is 13.4 Å². The molecule has 0 aliphatic heterocycles. The Morgan fingerprint density at radius 1 is 1.21 bits per heavy atom. The fraction of sp³-hybridized carbons (Fsp3) is 0.562. The second-order valence-corrected chi connectivity index (χ2v) is 8.20. The molecule has 0 atom stereocenters. The van der Waals surface area contributed by atoms with Crippen LogP contribution in [-0.2, 0) is 14.8 Å². The summed E-state index contributed by atoms with van der Waals surface area (Å²) in [6.07, 6.45) is 1.16. The lowest BCUT2D eigenvalue weighted by Gasteiger charge is -2.33. The van der Waals surface area contributed by atoms with E-state index in [-0.39, 0.29) is 25.6 Å². The Morgan fingerprint density at radius 2 is 1.79 bits per heavy atom. The van der Waals surface area contributed by atoms with Crippen molar-refractivity contribution in [1.29, 1.82) is 0 Å². The molecule has 1 amide bonds. The van der Waals surface area contributed by atoms with Gasteiger partial charge in [-0.2, -0.15) is 4.31 Å². The van der Waals surface area contributed by atoms with Gasteiger partial charge in [-0.15, -0.1) is 0 Å². The number of amides is 1. The molecule has 0 spiro atoms. The van der Waals surface area contributed by atoms with Crippen LogP contribution in [0.4, 0.5) is 0 Å². The first-order valence-corrected chi connectivity index (χ1v) is 9.41. The first kappa shape index (κ1) is 20.2. The summed E-state index contributed by atoms with van der Waals surface area (Å²) in [5, 5.41) is 2.65. The number of nitrogens with zero attached hydrogens (tertiary/aromatic N) is 1. The number of rotatable bonds is 8. The summed E-state index contributed by atoms with van der Waals surface area (Å²) in [5.41, 5.74) is -0.549. The van der Waals surface area contributed by atoms with E-state index < -0.39 is 15.6 Å². The Balaban J connectivity index is 2.49. The molecule has 8 heteroatoms. The summed E-state index contributed by atoms with van der Waals surface area (Å²) in [6, 6.07) is 7.03. The van der Waals surface area contributed by atoms with Gasteiger partial charge in [0.1, 0.15) is 0 Å². The highest BCUT2D eigenvalue weighted by molar-refractivity contribution is 7.88. The molecular weight excluding hydrogens is 332 g/mol. The van der Waals surface area contributed by atoms with Crippen molar-refractivity contribution in [3.63, 3.8) is 0 Å². The topological polar surface area (TPSA) is 84.9 Å². The van der Waals surface area contributed by atoms with E-state index in [2.05, 4.69) is 5.32 Å². The standard InChI is InChI=1S/C16H26N2O5S/c1-16(2,3)18(24(5,20)21)11-10-17-15(19)12-23-14-9-7-6-8-13(14)22-4/h6-9H,10-12H2,1-5H3,(H,17,19).